The second-order valence-corrected chi connectivity index (χ2v) is 4.37. The molecule has 0 aliphatic rings. The first-order valence-electron chi connectivity index (χ1n) is 5.80. The number of amides is 1. The number of ether oxygens (including phenoxy) is 1. The zero-order valence-corrected chi connectivity index (χ0v) is 10.7. The summed E-state index contributed by atoms with van der Waals surface area (Å²) in [7, 11) is 0. The van der Waals surface area contributed by atoms with Crippen molar-refractivity contribution in [2.24, 2.45) is 5.92 Å². The lowest BCUT2D eigenvalue weighted by molar-refractivity contribution is -0.143. The molecule has 0 fully saturated rings. The van der Waals surface area contributed by atoms with Crippen LogP contribution in [0.3, 0.4) is 0 Å². The third kappa shape index (κ3) is 4.95. The highest BCUT2D eigenvalue weighted by molar-refractivity contribution is 5.84. The highest BCUT2D eigenvalue weighted by Crippen LogP contribution is 2.11. The van der Waals surface area contributed by atoms with Gasteiger partial charge in [0.15, 0.2) is 6.61 Å². The number of aliphatic carboxylic acids is 1. The van der Waals surface area contributed by atoms with Gasteiger partial charge in [0.1, 0.15) is 17.6 Å². The van der Waals surface area contributed by atoms with Gasteiger partial charge in [0.2, 0.25) is 0 Å². The van der Waals surface area contributed by atoms with E-state index in [0.717, 1.165) is 6.07 Å². The number of carbonyl (C=O) groups is 2. The maximum Gasteiger partial charge on any atom is 0.326 e. The Balaban J connectivity index is 2.49. The van der Waals surface area contributed by atoms with Gasteiger partial charge in [-0.3, -0.25) is 4.79 Å². The molecule has 6 heteroatoms. The average molecular weight is 269 g/mol. The summed E-state index contributed by atoms with van der Waals surface area (Å²) in [6, 6.07) is 4.39. The number of nitrogens with one attached hydrogen (secondary N) is 1. The molecule has 0 aliphatic carbocycles. The van der Waals surface area contributed by atoms with Gasteiger partial charge in [-0.2, -0.15) is 0 Å². The zero-order valence-electron chi connectivity index (χ0n) is 10.7. The molecule has 1 atom stereocenters. The molecule has 0 saturated heterocycles. The lowest BCUT2D eigenvalue weighted by Crippen LogP contribution is -2.46. The van der Waals surface area contributed by atoms with E-state index < -0.39 is 23.7 Å². The number of hydrogen-bond donors (Lipinski definition) is 2. The highest BCUT2D eigenvalue weighted by atomic mass is 19.1. The van der Waals surface area contributed by atoms with Gasteiger partial charge in [0.05, 0.1) is 0 Å². The molecular formula is C13H16FNO4. The molecule has 0 saturated carbocycles. The summed E-state index contributed by atoms with van der Waals surface area (Å²) in [5.74, 6) is -2.16. The van der Waals surface area contributed by atoms with Crippen molar-refractivity contribution < 1.29 is 23.8 Å². The maximum absolute atomic E-state index is 12.9. The van der Waals surface area contributed by atoms with Crippen molar-refractivity contribution in [1.82, 2.24) is 5.32 Å². The highest BCUT2D eigenvalue weighted by Gasteiger charge is 2.23. The van der Waals surface area contributed by atoms with E-state index in [0.29, 0.717) is 0 Å². The summed E-state index contributed by atoms with van der Waals surface area (Å²) in [6.07, 6.45) is 0. The topological polar surface area (TPSA) is 75.6 Å². The molecule has 0 heterocycles. The molecule has 1 aromatic carbocycles. The Labute approximate surface area is 110 Å². The van der Waals surface area contributed by atoms with Crippen LogP contribution in [0.15, 0.2) is 24.3 Å². The molecule has 0 aromatic heterocycles. The molecule has 5 nitrogen and oxygen atoms in total. The van der Waals surface area contributed by atoms with Gasteiger partial charge < -0.3 is 15.2 Å². The van der Waals surface area contributed by atoms with Gasteiger partial charge in [-0.25, -0.2) is 9.18 Å². The predicted molar refractivity (Wildman–Crippen MR) is 66.3 cm³/mol. The van der Waals surface area contributed by atoms with E-state index in [2.05, 4.69) is 5.32 Å². The Kier molecular flexibility index (Phi) is 5.29. The lowest BCUT2D eigenvalue weighted by atomic mass is 10.1. The smallest absolute Gasteiger partial charge is 0.326 e. The molecule has 0 bridgehead atoms. The van der Waals surface area contributed by atoms with E-state index in [9.17, 15) is 14.0 Å². The van der Waals surface area contributed by atoms with Crippen molar-refractivity contribution in [3.05, 3.63) is 30.1 Å². The number of halogens is 1. The van der Waals surface area contributed by atoms with E-state index in [1.807, 2.05) is 0 Å². The monoisotopic (exact) mass is 269 g/mol. The molecule has 1 rings (SSSR count). The average Bonchev–Trinajstić information content (AvgIpc) is 2.32. The van der Waals surface area contributed by atoms with Crippen LogP contribution in [0.25, 0.3) is 0 Å². The number of rotatable bonds is 6. The summed E-state index contributed by atoms with van der Waals surface area (Å²) in [4.78, 5) is 22.4. The zero-order chi connectivity index (χ0) is 14.4. The molecule has 1 amide bonds. The fourth-order valence-corrected chi connectivity index (χ4v) is 1.43. The molecule has 0 aliphatic heterocycles. The molecule has 1 aromatic rings. The fourth-order valence-electron chi connectivity index (χ4n) is 1.43. The first-order valence-corrected chi connectivity index (χ1v) is 5.80. The molecule has 19 heavy (non-hydrogen) atoms. The minimum Gasteiger partial charge on any atom is -0.484 e. The Morgan fingerprint density at radius 1 is 1.42 bits per heavy atom. The molecule has 0 spiro atoms. The SMILES string of the molecule is CC(C)C(NC(=O)COc1cccc(F)c1)C(=O)O. The Morgan fingerprint density at radius 3 is 2.63 bits per heavy atom. The number of carboxylic acid groups (broad SMARTS) is 1. The third-order valence-electron chi connectivity index (χ3n) is 2.42. The molecular weight excluding hydrogens is 253 g/mol. The summed E-state index contributed by atoms with van der Waals surface area (Å²) in [5, 5.41) is 11.3. The second-order valence-electron chi connectivity index (χ2n) is 4.37. The van der Waals surface area contributed by atoms with Crippen LogP contribution < -0.4 is 10.1 Å². The molecule has 2 N–H and O–H groups in total. The van der Waals surface area contributed by atoms with Crippen molar-refractivity contribution >= 4 is 11.9 Å². The van der Waals surface area contributed by atoms with E-state index >= 15 is 0 Å². The standard InChI is InChI=1S/C13H16FNO4/c1-8(2)12(13(17)18)15-11(16)7-19-10-5-3-4-9(14)6-10/h3-6,8,12H,7H2,1-2H3,(H,15,16)(H,17,18). The maximum atomic E-state index is 12.9. The quantitative estimate of drug-likeness (QED) is 0.819. The lowest BCUT2D eigenvalue weighted by Gasteiger charge is -2.17. The summed E-state index contributed by atoms with van der Waals surface area (Å²) in [5.41, 5.74) is 0. The first-order chi connectivity index (χ1) is 8.90. The summed E-state index contributed by atoms with van der Waals surface area (Å²) >= 11 is 0. The van der Waals surface area contributed by atoms with Gasteiger partial charge in [0, 0.05) is 6.07 Å². The van der Waals surface area contributed by atoms with E-state index in [-0.39, 0.29) is 18.3 Å². The third-order valence-corrected chi connectivity index (χ3v) is 2.42. The van der Waals surface area contributed by atoms with Crippen molar-refractivity contribution in [1.29, 1.82) is 0 Å². The van der Waals surface area contributed by atoms with Gasteiger partial charge >= 0.3 is 5.97 Å². The van der Waals surface area contributed by atoms with Crippen LogP contribution in [0.4, 0.5) is 4.39 Å². The van der Waals surface area contributed by atoms with Crippen molar-refractivity contribution in [3.63, 3.8) is 0 Å². The number of carboxylic acids is 1. The Bertz CT molecular complexity index is 462. The molecule has 1 unspecified atom stereocenters. The number of benzene rings is 1. The predicted octanol–water partition coefficient (Wildman–Crippen LogP) is 1.43. The molecule has 104 valence electrons. The van der Waals surface area contributed by atoms with Gasteiger partial charge in [-0.1, -0.05) is 19.9 Å². The van der Waals surface area contributed by atoms with E-state index in [1.165, 1.54) is 18.2 Å². The number of carbonyl (C=O) groups excluding carboxylic acids is 1. The minimum absolute atomic E-state index is 0.214. The second kappa shape index (κ2) is 6.72. The number of hydrogen-bond acceptors (Lipinski definition) is 3. The van der Waals surface area contributed by atoms with E-state index in [1.54, 1.807) is 13.8 Å². The minimum atomic E-state index is -1.10. The van der Waals surface area contributed by atoms with Gasteiger partial charge in [-0.05, 0) is 18.1 Å². The van der Waals surface area contributed by atoms with Crippen molar-refractivity contribution in [2.45, 2.75) is 19.9 Å². The van der Waals surface area contributed by atoms with Gasteiger partial charge in [-0.15, -0.1) is 0 Å². The Morgan fingerprint density at radius 2 is 2.11 bits per heavy atom. The van der Waals surface area contributed by atoms with Crippen LogP contribution in [0.5, 0.6) is 5.75 Å². The first kappa shape index (κ1) is 14.9. The normalized spacial score (nSPS) is 12.0. The van der Waals surface area contributed by atoms with Crippen LogP contribution in [0.2, 0.25) is 0 Å². The summed E-state index contributed by atoms with van der Waals surface area (Å²) in [6.45, 7) is 3.01. The van der Waals surface area contributed by atoms with Gasteiger partial charge in [0.25, 0.3) is 5.91 Å². The Hall–Kier alpha value is -2.11. The van der Waals surface area contributed by atoms with E-state index in [4.69, 9.17) is 9.84 Å². The van der Waals surface area contributed by atoms with Crippen molar-refractivity contribution in [2.75, 3.05) is 6.61 Å². The largest absolute Gasteiger partial charge is 0.484 e. The van der Waals surface area contributed by atoms with Crippen LogP contribution in [-0.4, -0.2) is 29.6 Å². The van der Waals surface area contributed by atoms with Crippen LogP contribution in [0, 0.1) is 11.7 Å². The fraction of sp³-hybridized carbons (Fsp3) is 0.385. The summed E-state index contributed by atoms with van der Waals surface area (Å²) < 4.78 is 17.9. The molecule has 0 radical (unpaired) electrons. The van der Waals surface area contributed by atoms with Crippen LogP contribution in [0.1, 0.15) is 13.8 Å². The van der Waals surface area contributed by atoms with Crippen molar-refractivity contribution in [3.8, 4) is 5.75 Å². The van der Waals surface area contributed by atoms with Crippen LogP contribution >= 0.6 is 0 Å². The van der Waals surface area contributed by atoms with Crippen LogP contribution in [-0.2, 0) is 9.59 Å².